The standard InChI is InChI=1S/C14H24N2O3S/c1-9(2)11-4-6-15(7-5-11)14(19)16-10(3)20-8-12(16)13(17)18/h9-12H,4-8H2,1-3H3,(H,17,18). The Morgan fingerprint density at radius 1 is 1.25 bits per heavy atom. The van der Waals surface area contributed by atoms with Crippen molar-refractivity contribution in [2.75, 3.05) is 18.8 Å². The Morgan fingerprint density at radius 2 is 1.85 bits per heavy atom. The van der Waals surface area contributed by atoms with E-state index in [9.17, 15) is 14.7 Å². The van der Waals surface area contributed by atoms with Gasteiger partial charge in [-0.15, -0.1) is 11.8 Å². The number of carbonyl (C=O) groups excluding carboxylic acids is 1. The average molecular weight is 300 g/mol. The van der Waals surface area contributed by atoms with E-state index < -0.39 is 12.0 Å². The smallest absolute Gasteiger partial charge is 0.327 e. The summed E-state index contributed by atoms with van der Waals surface area (Å²) in [5, 5.41) is 9.19. The van der Waals surface area contributed by atoms with Crippen LogP contribution in [-0.2, 0) is 4.79 Å². The molecule has 1 N–H and O–H groups in total. The maximum atomic E-state index is 12.6. The Hall–Kier alpha value is -0.910. The molecule has 5 nitrogen and oxygen atoms in total. The highest BCUT2D eigenvalue weighted by atomic mass is 32.2. The molecule has 0 aliphatic carbocycles. The second kappa shape index (κ2) is 6.24. The summed E-state index contributed by atoms with van der Waals surface area (Å²) in [5.41, 5.74) is 0. The molecule has 2 saturated heterocycles. The minimum atomic E-state index is -0.896. The second-order valence-electron chi connectivity index (χ2n) is 6.05. The number of aliphatic carboxylic acids is 1. The van der Waals surface area contributed by atoms with Crippen LogP contribution in [0.2, 0.25) is 0 Å². The number of amides is 2. The van der Waals surface area contributed by atoms with Gasteiger partial charge in [0, 0.05) is 18.8 Å². The Bertz CT molecular complexity index is 381. The van der Waals surface area contributed by atoms with E-state index in [0.717, 1.165) is 25.9 Å². The van der Waals surface area contributed by atoms with Gasteiger partial charge in [-0.1, -0.05) is 13.8 Å². The molecule has 0 aromatic heterocycles. The van der Waals surface area contributed by atoms with E-state index >= 15 is 0 Å². The Balaban J connectivity index is 1.99. The summed E-state index contributed by atoms with van der Waals surface area (Å²) in [6, 6.07) is -0.776. The largest absolute Gasteiger partial charge is 0.480 e. The van der Waals surface area contributed by atoms with Crippen LogP contribution in [-0.4, -0.2) is 57.2 Å². The molecule has 2 aliphatic heterocycles. The van der Waals surface area contributed by atoms with Crippen molar-refractivity contribution in [1.29, 1.82) is 0 Å². The van der Waals surface area contributed by atoms with Gasteiger partial charge in [0.15, 0.2) is 0 Å². The van der Waals surface area contributed by atoms with Gasteiger partial charge in [0.2, 0.25) is 0 Å². The van der Waals surface area contributed by atoms with Gasteiger partial charge in [-0.05, 0) is 31.6 Å². The highest BCUT2D eigenvalue weighted by Gasteiger charge is 2.41. The van der Waals surface area contributed by atoms with Crippen molar-refractivity contribution in [3.8, 4) is 0 Å². The third-order valence-electron chi connectivity index (χ3n) is 4.48. The van der Waals surface area contributed by atoms with Crippen LogP contribution in [0.5, 0.6) is 0 Å². The molecule has 0 aromatic carbocycles. The van der Waals surface area contributed by atoms with Crippen LogP contribution in [0, 0.1) is 11.8 Å². The van der Waals surface area contributed by atoms with Crippen molar-refractivity contribution >= 4 is 23.8 Å². The summed E-state index contributed by atoms with van der Waals surface area (Å²) in [5.74, 6) is 0.928. The van der Waals surface area contributed by atoms with Crippen LogP contribution >= 0.6 is 11.8 Å². The van der Waals surface area contributed by atoms with E-state index in [4.69, 9.17) is 0 Å². The number of thioether (sulfide) groups is 1. The fourth-order valence-electron chi connectivity index (χ4n) is 3.04. The minimum Gasteiger partial charge on any atom is -0.480 e. The predicted octanol–water partition coefficient (Wildman–Crippen LogP) is 2.32. The molecule has 0 spiro atoms. The van der Waals surface area contributed by atoms with Crippen LogP contribution in [0.3, 0.4) is 0 Å². The first-order chi connectivity index (χ1) is 9.41. The zero-order valence-corrected chi connectivity index (χ0v) is 13.2. The van der Waals surface area contributed by atoms with Gasteiger partial charge in [-0.2, -0.15) is 0 Å². The number of carbonyl (C=O) groups is 2. The molecule has 2 heterocycles. The summed E-state index contributed by atoms with van der Waals surface area (Å²) >= 11 is 1.54. The lowest BCUT2D eigenvalue weighted by atomic mass is 9.87. The first-order valence-electron chi connectivity index (χ1n) is 7.33. The van der Waals surface area contributed by atoms with Crippen LogP contribution in [0.4, 0.5) is 4.79 Å². The molecule has 20 heavy (non-hydrogen) atoms. The molecular weight excluding hydrogens is 276 g/mol. The SMILES string of the molecule is CC(C)C1CCN(C(=O)N2C(C)SCC2C(=O)O)CC1. The third-order valence-corrected chi connectivity index (χ3v) is 5.70. The second-order valence-corrected chi connectivity index (χ2v) is 7.39. The van der Waals surface area contributed by atoms with Gasteiger partial charge in [0.05, 0.1) is 5.37 Å². The number of carboxylic acids is 1. The van der Waals surface area contributed by atoms with Crippen molar-refractivity contribution in [3.05, 3.63) is 0 Å². The number of nitrogens with zero attached hydrogens (tertiary/aromatic N) is 2. The quantitative estimate of drug-likeness (QED) is 0.850. The molecule has 2 unspecified atom stereocenters. The topological polar surface area (TPSA) is 60.9 Å². The third kappa shape index (κ3) is 3.05. The highest BCUT2D eigenvalue weighted by Crippen LogP contribution is 2.31. The molecule has 2 amide bonds. The number of urea groups is 1. The van der Waals surface area contributed by atoms with Crippen LogP contribution in [0.1, 0.15) is 33.6 Å². The number of hydrogen-bond donors (Lipinski definition) is 1. The van der Waals surface area contributed by atoms with Gasteiger partial charge in [0.25, 0.3) is 0 Å². The van der Waals surface area contributed by atoms with E-state index in [1.807, 2.05) is 11.8 Å². The van der Waals surface area contributed by atoms with E-state index in [-0.39, 0.29) is 11.4 Å². The van der Waals surface area contributed by atoms with E-state index in [2.05, 4.69) is 13.8 Å². The van der Waals surface area contributed by atoms with Gasteiger partial charge in [0.1, 0.15) is 6.04 Å². The van der Waals surface area contributed by atoms with Crippen LogP contribution in [0.15, 0.2) is 0 Å². The summed E-state index contributed by atoms with van der Waals surface area (Å²) in [7, 11) is 0. The van der Waals surface area contributed by atoms with Crippen LogP contribution < -0.4 is 0 Å². The fourth-order valence-corrected chi connectivity index (χ4v) is 4.21. The molecule has 2 aliphatic rings. The van der Waals surface area contributed by atoms with Crippen LogP contribution in [0.25, 0.3) is 0 Å². The number of likely N-dealkylation sites (tertiary alicyclic amines) is 1. The number of hydrogen-bond acceptors (Lipinski definition) is 3. The van der Waals surface area contributed by atoms with Gasteiger partial charge >= 0.3 is 12.0 Å². The molecule has 0 radical (unpaired) electrons. The van der Waals surface area contributed by atoms with E-state index in [0.29, 0.717) is 17.6 Å². The first kappa shape index (κ1) is 15.5. The summed E-state index contributed by atoms with van der Waals surface area (Å²) in [4.78, 5) is 27.2. The maximum Gasteiger partial charge on any atom is 0.327 e. The molecule has 2 fully saturated rings. The molecule has 2 atom stereocenters. The Morgan fingerprint density at radius 3 is 2.35 bits per heavy atom. The number of carboxylic acid groups (broad SMARTS) is 1. The normalized spacial score (nSPS) is 28.2. The van der Waals surface area contributed by atoms with Gasteiger partial charge < -0.3 is 10.0 Å². The molecule has 114 valence electrons. The van der Waals surface area contributed by atoms with Crippen molar-refractivity contribution in [2.24, 2.45) is 11.8 Å². The molecule has 2 rings (SSSR count). The molecule has 0 bridgehead atoms. The van der Waals surface area contributed by atoms with Gasteiger partial charge in [-0.25, -0.2) is 9.59 Å². The lowest BCUT2D eigenvalue weighted by Gasteiger charge is -2.37. The monoisotopic (exact) mass is 300 g/mol. The summed E-state index contributed by atoms with van der Waals surface area (Å²) in [6.07, 6.45) is 2.05. The summed E-state index contributed by atoms with van der Waals surface area (Å²) < 4.78 is 0. The van der Waals surface area contributed by atoms with Crippen molar-refractivity contribution < 1.29 is 14.7 Å². The summed E-state index contributed by atoms with van der Waals surface area (Å²) in [6.45, 7) is 7.86. The molecule has 0 aromatic rings. The number of rotatable bonds is 2. The minimum absolute atomic E-state index is 0.0496. The Kier molecular flexibility index (Phi) is 4.83. The lowest BCUT2D eigenvalue weighted by molar-refractivity contribution is -0.141. The Labute approximate surface area is 124 Å². The first-order valence-corrected chi connectivity index (χ1v) is 8.38. The lowest BCUT2D eigenvalue weighted by Crippen LogP contribution is -2.53. The maximum absolute atomic E-state index is 12.6. The fraction of sp³-hybridized carbons (Fsp3) is 0.857. The number of piperidine rings is 1. The van der Waals surface area contributed by atoms with Crippen molar-refractivity contribution in [1.82, 2.24) is 9.80 Å². The highest BCUT2D eigenvalue weighted by molar-refractivity contribution is 8.00. The van der Waals surface area contributed by atoms with Crippen molar-refractivity contribution in [3.63, 3.8) is 0 Å². The predicted molar refractivity (Wildman–Crippen MR) is 79.7 cm³/mol. The van der Waals surface area contributed by atoms with E-state index in [1.165, 1.54) is 11.8 Å². The molecule has 6 heteroatoms. The molecule has 0 saturated carbocycles. The zero-order valence-electron chi connectivity index (χ0n) is 12.4. The van der Waals surface area contributed by atoms with E-state index in [1.54, 1.807) is 4.90 Å². The molecular formula is C14H24N2O3S. The zero-order chi connectivity index (χ0) is 14.9. The van der Waals surface area contributed by atoms with Crippen molar-refractivity contribution in [2.45, 2.75) is 45.0 Å². The van der Waals surface area contributed by atoms with Gasteiger partial charge in [-0.3, -0.25) is 4.90 Å². The average Bonchev–Trinajstić information content (AvgIpc) is 2.80.